The predicted octanol–water partition coefficient (Wildman–Crippen LogP) is 5.65. The van der Waals surface area contributed by atoms with E-state index in [9.17, 15) is 14.4 Å². The Labute approximate surface area is 214 Å². The van der Waals surface area contributed by atoms with Gasteiger partial charge < -0.3 is 23.9 Å². The number of ether oxygens (including phenoxy) is 3. The first-order valence-electron chi connectivity index (χ1n) is 12.1. The Morgan fingerprint density at radius 1 is 1.00 bits per heavy atom. The SMILES string of the molecule is CCCC[C@@H](NC(=O)OCc1ccccc1)C(=O)Oc1ccc2c(oc(=O)c3cc(OC)ccc32)c1C. The van der Waals surface area contributed by atoms with Gasteiger partial charge in [0.05, 0.1) is 12.5 Å². The summed E-state index contributed by atoms with van der Waals surface area (Å²) in [4.78, 5) is 38.1. The normalized spacial score (nSPS) is 11.8. The molecule has 0 saturated carbocycles. The Hall–Kier alpha value is -4.33. The van der Waals surface area contributed by atoms with Gasteiger partial charge in [-0.3, -0.25) is 0 Å². The second-order valence-electron chi connectivity index (χ2n) is 8.69. The molecule has 0 fully saturated rings. The predicted molar refractivity (Wildman–Crippen MR) is 140 cm³/mol. The van der Waals surface area contributed by atoms with E-state index < -0.39 is 23.7 Å². The zero-order valence-electron chi connectivity index (χ0n) is 21.0. The van der Waals surface area contributed by atoms with Crippen LogP contribution in [0.25, 0.3) is 21.7 Å². The molecule has 0 aliphatic heterocycles. The third-order valence-electron chi connectivity index (χ3n) is 6.13. The van der Waals surface area contributed by atoms with Gasteiger partial charge in [0, 0.05) is 16.3 Å². The van der Waals surface area contributed by atoms with Crippen molar-refractivity contribution in [2.45, 2.75) is 45.8 Å². The number of esters is 1. The Kier molecular flexibility index (Phi) is 8.08. The summed E-state index contributed by atoms with van der Waals surface area (Å²) < 4.78 is 21.8. The Balaban J connectivity index is 1.54. The van der Waals surface area contributed by atoms with Crippen LogP contribution in [0.15, 0.2) is 69.9 Å². The van der Waals surface area contributed by atoms with Crippen LogP contribution >= 0.6 is 0 Å². The Morgan fingerprint density at radius 3 is 2.49 bits per heavy atom. The van der Waals surface area contributed by atoms with Crippen LogP contribution in [0.2, 0.25) is 0 Å². The maximum absolute atomic E-state index is 13.1. The maximum atomic E-state index is 13.1. The van der Waals surface area contributed by atoms with Gasteiger partial charge in [-0.25, -0.2) is 14.4 Å². The van der Waals surface area contributed by atoms with E-state index in [0.717, 1.165) is 12.0 Å². The molecule has 37 heavy (non-hydrogen) atoms. The Bertz CT molecular complexity index is 1480. The lowest BCUT2D eigenvalue weighted by Gasteiger charge is -2.18. The van der Waals surface area contributed by atoms with E-state index in [1.807, 2.05) is 37.3 Å². The molecule has 0 spiro atoms. The van der Waals surface area contributed by atoms with E-state index in [4.69, 9.17) is 18.6 Å². The van der Waals surface area contributed by atoms with Crippen LogP contribution in [0.3, 0.4) is 0 Å². The van der Waals surface area contributed by atoms with Crippen LogP contribution < -0.4 is 20.4 Å². The maximum Gasteiger partial charge on any atom is 0.408 e. The number of fused-ring (bicyclic) bond motifs is 3. The second-order valence-corrected chi connectivity index (χ2v) is 8.69. The van der Waals surface area contributed by atoms with Gasteiger partial charge in [-0.2, -0.15) is 0 Å². The van der Waals surface area contributed by atoms with Crippen molar-refractivity contribution < 1.29 is 28.2 Å². The van der Waals surface area contributed by atoms with E-state index in [1.54, 1.807) is 37.3 Å². The van der Waals surface area contributed by atoms with Crippen molar-refractivity contribution in [1.82, 2.24) is 5.32 Å². The largest absolute Gasteiger partial charge is 0.497 e. The fourth-order valence-corrected chi connectivity index (χ4v) is 4.07. The minimum absolute atomic E-state index is 0.0882. The van der Waals surface area contributed by atoms with Crippen LogP contribution in [0, 0.1) is 6.92 Å². The molecule has 0 aliphatic rings. The standard InChI is InChI=1S/C29H29NO7/c1-4-5-11-24(30-29(33)35-17-19-9-7-6-8-10-19)28(32)36-25-15-14-22-21-13-12-20(34-3)16-23(21)27(31)37-26(22)18(25)2/h6-10,12-16,24H,4-5,11,17H2,1-3H3,(H,30,33)/t24-/m1/s1. The fourth-order valence-electron chi connectivity index (χ4n) is 4.07. The zero-order chi connectivity index (χ0) is 26.4. The number of unbranched alkanes of at least 4 members (excludes halogenated alkanes) is 1. The van der Waals surface area contributed by atoms with Crippen LogP contribution in [-0.2, 0) is 16.1 Å². The molecule has 0 radical (unpaired) electrons. The van der Waals surface area contributed by atoms with Crippen LogP contribution in [0.5, 0.6) is 11.5 Å². The highest BCUT2D eigenvalue weighted by Crippen LogP contribution is 2.32. The first kappa shape index (κ1) is 25.8. The lowest BCUT2D eigenvalue weighted by Crippen LogP contribution is -2.43. The molecule has 0 aliphatic carbocycles. The summed E-state index contributed by atoms with van der Waals surface area (Å²) in [5, 5.41) is 4.43. The molecule has 1 atom stereocenters. The van der Waals surface area contributed by atoms with Gasteiger partial charge >= 0.3 is 17.7 Å². The number of carbonyl (C=O) groups is 2. The topological polar surface area (TPSA) is 104 Å². The number of hydrogen-bond acceptors (Lipinski definition) is 7. The third kappa shape index (κ3) is 5.91. The highest BCUT2D eigenvalue weighted by atomic mass is 16.6. The lowest BCUT2D eigenvalue weighted by atomic mass is 10.0. The highest BCUT2D eigenvalue weighted by molar-refractivity contribution is 6.06. The Morgan fingerprint density at radius 2 is 1.76 bits per heavy atom. The summed E-state index contributed by atoms with van der Waals surface area (Å²) in [6.45, 7) is 3.79. The molecule has 4 aromatic rings. The minimum atomic E-state index is -0.894. The number of hydrogen-bond donors (Lipinski definition) is 1. The fraction of sp³-hybridized carbons (Fsp3) is 0.276. The van der Waals surface area contributed by atoms with Crippen molar-refractivity contribution in [3.63, 3.8) is 0 Å². The molecule has 1 amide bonds. The van der Waals surface area contributed by atoms with Crippen molar-refractivity contribution in [2.75, 3.05) is 7.11 Å². The van der Waals surface area contributed by atoms with Crippen molar-refractivity contribution in [1.29, 1.82) is 0 Å². The number of aryl methyl sites for hydroxylation is 1. The molecular formula is C29H29NO7. The molecule has 8 nitrogen and oxygen atoms in total. The summed E-state index contributed by atoms with van der Waals surface area (Å²) >= 11 is 0. The average Bonchev–Trinajstić information content (AvgIpc) is 2.92. The van der Waals surface area contributed by atoms with Gasteiger partial charge in [0.25, 0.3) is 0 Å². The number of amides is 1. The molecule has 1 N–H and O–H groups in total. The van der Waals surface area contributed by atoms with Crippen molar-refractivity contribution in [2.24, 2.45) is 0 Å². The molecule has 0 bridgehead atoms. The average molecular weight is 504 g/mol. The molecule has 0 saturated heterocycles. The van der Waals surface area contributed by atoms with Gasteiger partial charge in [-0.15, -0.1) is 0 Å². The summed E-state index contributed by atoms with van der Waals surface area (Å²) in [5.41, 5.74) is 1.15. The smallest absolute Gasteiger partial charge is 0.408 e. The molecule has 1 aromatic heterocycles. The number of alkyl carbamates (subject to hydrolysis) is 1. The number of carbonyl (C=O) groups excluding carboxylic acids is 2. The number of methoxy groups -OCH3 is 1. The van der Waals surface area contributed by atoms with E-state index in [0.29, 0.717) is 45.9 Å². The summed E-state index contributed by atoms with van der Waals surface area (Å²) in [7, 11) is 1.53. The van der Waals surface area contributed by atoms with Crippen LogP contribution in [0.4, 0.5) is 4.79 Å². The van der Waals surface area contributed by atoms with Crippen molar-refractivity contribution in [3.05, 3.63) is 82.2 Å². The van der Waals surface area contributed by atoms with Crippen LogP contribution in [-0.4, -0.2) is 25.2 Å². The minimum Gasteiger partial charge on any atom is -0.497 e. The van der Waals surface area contributed by atoms with E-state index in [-0.39, 0.29) is 12.4 Å². The van der Waals surface area contributed by atoms with Gasteiger partial charge in [-0.05, 0) is 49.2 Å². The van der Waals surface area contributed by atoms with Gasteiger partial charge in [0.15, 0.2) is 0 Å². The van der Waals surface area contributed by atoms with Crippen molar-refractivity contribution >= 4 is 33.8 Å². The summed E-state index contributed by atoms with van der Waals surface area (Å²) in [6.07, 6.45) is 1.23. The van der Waals surface area contributed by atoms with Crippen LogP contribution in [0.1, 0.15) is 37.3 Å². The highest BCUT2D eigenvalue weighted by Gasteiger charge is 2.24. The number of benzene rings is 3. The monoisotopic (exact) mass is 503 g/mol. The quantitative estimate of drug-likeness (QED) is 0.136. The van der Waals surface area contributed by atoms with E-state index in [1.165, 1.54) is 7.11 Å². The van der Waals surface area contributed by atoms with Crippen molar-refractivity contribution in [3.8, 4) is 11.5 Å². The van der Waals surface area contributed by atoms with Gasteiger partial charge in [0.1, 0.15) is 29.7 Å². The molecule has 4 rings (SSSR count). The third-order valence-corrected chi connectivity index (χ3v) is 6.13. The molecular weight excluding hydrogens is 474 g/mol. The second kappa shape index (κ2) is 11.6. The van der Waals surface area contributed by atoms with E-state index >= 15 is 0 Å². The molecule has 1 heterocycles. The molecule has 3 aromatic carbocycles. The molecule has 0 unspecified atom stereocenters. The summed E-state index contributed by atoms with van der Waals surface area (Å²) in [5.74, 6) is 0.171. The van der Waals surface area contributed by atoms with E-state index in [2.05, 4.69) is 5.32 Å². The zero-order valence-corrected chi connectivity index (χ0v) is 21.0. The molecule has 8 heteroatoms. The van der Waals surface area contributed by atoms with Gasteiger partial charge in [-0.1, -0.05) is 50.1 Å². The lowest BCUT2D eigenvalue weighted by molar-refractivity contribution is -0.136. The first-order valence-corrected chi connectivity index (χ1v) is 12.1. The summed E-state index contributed by atoms with van der Waals surface area (Å²) in [6, 6.07) is 17.0. The van der Waals surface area contributed by atoms with Gasteiger partial charge in [0.2, 0.25) is 0 Å². The molecule has 192 valence electrons. The number of rotatable bonds is 9. The number of nitrogens with one attached hydrogen (secondary N) is 1. The first-order chi connectivity index (χ1) is 17.9.